The van der Waals surface area contributed by atoms with Crippen LogP contribution in [0.5, 0.6) is 0 Å². The van der Waals surface area contributed by atoms with Crippen LogP contribution in [-0.2, 0) is 0 Å². The molecule has 0 aliphatic carbocycles. The van der Waals surface area contributed by atoms with E-state index < -0.39 is 0 Å². The normalized spacial score (nSPS) is 12.4. The molecule has 106 valence electrons. The van der Waals surface area contributed by atoms with Crippen molar-refractivity contribution >= 4 is 33.2 Å². The van der Waals surface area contributed by atoms with E-state index in [1.807, 2.05) is 6.07 Å². The summed E-state index contributed by atoms with van der Waals surface area (Å²) in [5, 5.41) is 3.93. The van der Waals surface area contributed by atoms with E-state index in [2.05, 4.69) is 70.4 Å². The van der Waals surface area contributed by atoms with E-state index in [1.165, 1.54) is 5.56 Å². The summed E-state index contributed by atoms with van der Waals surface area (Å²) >= 11 is 9.30. The molecule has 0 saturated carbocycles. The van der Waals surface area contributed by atoms with Crippen LogP contribution in [0.15, 0.2) is 47.1 Å². The molecule has 1 aromatic carbocycles. The summed E-state index contributed by atoms with van der Waals surface area (Å²) in [6.07, 6.45) is 1.76. The Morgan fingerprint density at radius 3 is 2.55 bits per heavy atom. The van der Waals surface area contributed by atoms with Gasteiger partial charge >= 0.3 is 0 Å². The molecule has 2 rings (SSSR count). The molecule has 2 aromatic rings. The van der Waals surface area contributed by atoms with Crippen LogP contribution in [0.3, 0.4) is 0 Å². The number of pyridine rings is 1. The predicted molar refractivity (Wildman–Crippen MR) is 89.5 cm³/mol. The SMILES string of the molecule is CC(C)C(CNc1cnc(Cl)c(Br)c1)c1ccccc1. The Hall–Kier alpha value is -1.06. The van der Waals surface area contributed by atoms with E-state index in [0.717, 1.165) is 16.7 Å². The van der Waals surface area contributed by atoms with Gasteiger partial charge in [0, 0.05) is 12.5 Å². The van der Waals surface area contributed by atoms with Crippen molar-refractivity contribution in [3.63, 3.8) is 0 Å². The van der Waals surface area contributed by atoms with Crippen LogP contribution in [0.2, 0.25) is 5.15 Å². The van der Waals surface area contributed by atoms with Crippen LogP contribution in [0.25, 0.3) is 0 Å². The van der Waals surface area contributed by atoms with Crippen LogP contribution in [-0.4, -0.2) is 11.5 Å². The quantitative estimate of drug-likeness (QED) is 0.733. The molecule has 0 spiro atoms. The molecule has 0 aliphatic rings. The van der Waals surface area contributed by atoms with Crippen molar-refractivity contribution in [2.45, 2.75) is 19.8 Å². The van der Waals surface area contributed by atoms with Crippen LogP contribution in [0.4, 0.5) is 5.69 Å². The van der Waals surface area contributed by atoms with Crippen LogP contribution >= 0.6 is 27.5 Å². The summed E-state index contributed by atoms with van der Waals surface area (Å²) in [6.45, 7) is 5.36. The van der Waals surface area contributed by atoms with Gasteiger partial charge in [-0.25, -0.2) is 4.98 Å². The topological polar surface area (TPSA) is 24.9 Å². The van der Waals surface area contributed by atoms with Gasteiger partial charge in [0.25, 0.3) is 0 Å². The number of nitrogens with one attached hydrogen (secondary N) is 1. The number of anilines is 1. The lowest BCUT2D eigenvalue weighted by Crippen LogP contribution is -2.17. The summed E-state index contributed by atoms with van der Waals surface area (Å²) in [5.74, 6) is 1.03. The first-order chi connectivity index (χ1) is 9.58. The third kappa shape index (κ3) is 3.97. The van der Waals surface area contributed by atoms with Gasteiger partial charge in [-0.3, -0.25) is 0 Å². The Labute approximate surface area is 133 Å². The molecule has 1 aromatic heterocycles. The van der Waals surface area contributed by atoms with Gasteiger partial charge in [0.1, 0.15) is 5.15 Å². The average molecular weight is 354 g/mol. The second-order valence-electron chi connectivity index (χ2n) is 5.14. The maximum atomic E-state index is 5.90. The van der Waals surface area contributed by atoms with E-state index in [0.29, 0.717) is 17.0 Å². The molecule has 1 heterocycles. The van der Waals surface area contributed by atoms with E-state index in [9.17, 15) is 0 Å². The van der Waals surface area contributed by atoms with Crippen molar-refractivity contribution in [1.29, 1.82) is 0 Å². The standard InChI is InChI=1S/C16H18BrClN2/c1-11(2)14(12-6-4-3-5-7-12)10-19-13-8-15(17)16(18)20-9-13/h3-9,11,14,19H,10H2,1-2H3. The Kier molecular flexibility index (Phi) is 5.44. The monoisotopic (exact) mass is 352 g/mol. The molecule has 1 atom stereocenters. The summed E-state index contributed by atoms with van der Waals surface area (Å²) < 4.78 is 0.810. The lowest BCUT2D eigenvalue weighted by Gasteiger charge is -2.22. The Balaban J connectivity index is 2.08. The molecule has 0 saturated heterocycles. The molecular weight excluding hydrogens is 336 g/mol. The Bertz CT molecular complexity index is 558. The minimum atomic E-state index is 0.464. The highest BCUT2D eigenvalue weighted by molar-refractivity contribution is 9.10. The molecule has 1 N–H and O–H groups in total. The molecule has 0 aliphatic heterocycles. The van der Waals surface area contributed by atoms with Crippen LogP contribution in [0.1, 0.15) is 25.3 Å². The zero-order chi connectivity index (χ0) is 14.5. The van der Waals surface area contributed by atoms with E-state index in [1.54, 1.807) is 6.20 Å². The molecule has 0 radical (unpaired) electrons. The smallest absolute Gasteiger partial charge is 0.143 e. The second-order valence-corrected chi connectivity index (χ2v) is 6.35. The highest BCUT2D eigenvalue weighted by atomic mass is 79.9. The fraction of sp³-hybridized carbons (Fsp3) is 0.312. The lowest BCUT2D eigenvalue weighted by atomic mass is 9.88. The minimum absolute atomic E-state index is 0.464. The van der Waals surface area contributed by atoms with Crippen molar-refractivity contribution in [3.8, 4) is 0 Å². The average Bonchev–Trinajstić information content (AvgIpc) is 2.44. The van der Waals surface area contributed by atoms with E-state index in [-0.39, 0.29) is 0 Å². The third-order valence-electron chi connectivity index (χ3n) is 3.35. The van der Waals surface area contributed by atoms with Gasteiger partial charge in [-0.15, -0.1) is 0 Å². The fourth-order valence-corrected chi connectivity index (χ4v) is 2.64. The molecule has 1 unspecified atom stereocenters. The van der Waals surface area contributed by atoms with E-state index >= 15 is 0 Å². The first kappa shape index (κ1) is 15.3. The first-order valence-electron chi connectivity index (χ1n) is 6.67. The minimum Gasteiger partial charge on any atom is -0.383 e. The molecular formula is C16H18BrClN2. The van der Waals surface area contributed by atoms with Crippen molar-refractivity contribution < 1.29 is 0 Å². The highest BCUT2D eigenvalue weighted by Gasteiger charge is 2.15. The number of benzene rings is 1. The number of halogens is 2. The molecule has 0 fully saturated rings. The lowest BCUT2D eigenvalue weighted by molar-refractivity contribution is 0.517. The largest absolute Gasteiger partial charge is 0.383 e. The molecule has 20 heavy (non-hydrogen) atoms. The highest BCUT2D eigenvalue weighted by Crippen LogP contribution is 2.26. The molecule has 2 nitrogen and oxygen atoms in total. The predicted octanol–water partition coefficient (Wildman–Crippen LogP) is 5.35. The summed E-state index contributed by atoms with van der Waals surface area (Å²) in [4.78, 5) is 4.13. The third-order valence-corrected chi connectivity index (χ3v) is 4.49. The zero-order valence-corrected chi connectivity index (χ0v) is 13.9. The van der Waals surface area contributed by atoms with Gasteiger partial charge in [-0.2, -0.15) is 0 Å². The van der Waals surface area contributed by atoms with Crippen molar-refractivity contribution in [3.05, 3.63) is 57.8 Å². The molecule has 0 amide bonds. The number of hydrogen-bond acceptors (Lipinski definition) is 2. The van der Waals surface area contributed by atoms with Crippen molar-refractivity contribution in [2.75, 3.05) is 11.9 Å². The van der Waals surface area contributed by atoms with E-state index in [4.69, 9.17) is 11.6 Å². The van der Waals surface area contributed by atoms with Crippen molar-refractivity contribution in [2.24, 2.45) is 5.92 Å². The van der Waals surface area contributed by atoms with Gasteiger partial charge in [-0.1, -0.05) is 55.8 Å². The second kappa shape index (κ2) is 7.09. The Morgan fingerprint density at radius 2 is 1.95 bits per heavy atom. The summed E-state index contributed by atoms with van der Waals surface area (Å²) in [6, 6.07) is 12.5. The molecule has 0 bridgehead atoms. The van der Waals surface area contributed by atoms with Gasteiger partial charge in [-0.05, 0) is 33.5 Å². The van der Waals surface area contributed by atoms with Gasteiger partial charge in [0.05, 0.1) is 16.4 Å². The maximum absolute atomic E-state index is 5.90. The number of rotatable bonds is 5. The van der Waals surface area contributed by atoms with Crippen LogP contribution < -0.4 is 5.32 Å². The van der Waals surface area contributed by atoms with Crippen molar-refractivity contribution in [1.82, 2.24) is 4.98 Å². The fourth-order valence-electron chi connectivity index (χ4n) is 2.18. The van der Waals surface area contributed by atoms with Gasteiger partial charge in [0.2, 0.25) is 0 Å². The zero-order valence-electron chi connectivity index (χ0n) is 11.6. The van der Waals surface area contributed by atoms with Gasteiger partial charge < -0.3 is 5.32 Å². The maximum Gasteiger partial charge on any atom is 0.143 e. The van der Waals surface area contributed by atoms with Crippen LogP contribution in [0, 0.1) is 5.92 Å². The number of hydrogen-bond donors (Lipinski definition) is 1. The molecule has 4 heteroatoms. The number of nitrogens with zero attached hydrogens (tertiary/aromatic N) is 1. The van der Waals surface area contributed by atoms with Gasteiger partial charge in [0.15, 0.2) is 0 Å². The first-order valence-corrected chi connectivity index (χ1v) is 7.85. The number of aromatic nitrogens is 1. The summed E-state index contributed by atoms with van der Waals surface area (Å²) in [7, 11) is 0. The Morgan fingerprint density at radius 1 is 1.25 bits per heavy atom. The summed E-state index contributed by atoms with van der Waals surface area (Å²) in [5.41, 5.74) is 2.33.